The summed E-state index contributed by atoms with van der Waals surface area (Å²) < 4.78 is 7.62. The molecule has 0 amide bonds. The van der Waals surface area contributed by atoms with Crippen molar-refractivity contribution in [3.05, 3.63) is 30.1 Å². The largest absolute Gasteiger partial charge is 0.494 e. The fraction of sp³-hybridized carbons (Fsp3) is 0.471. The molecule has 0 aliphatic rings. The maximum Gasteiger partial charge on any atom is 0.131 e. The summed E-state index contributed by atoms with van der Waals surface area (Å²) in [6.45, 7) is 7.90. The Hall–Kier alpha value is -1.97. The summed E-state index contributed by atoms with van der Waals surface area (Å²) >= 11 is 0. The van der Waals surface area contributed by atoms with Gasteiger partial charge >= 0.3 is 0 Å². The minimum absolute atomic E-state index is 0.674. The van der Waals surface area contributed by atoms with Crippen LogP contribution >= 0.6 is 0 Å². The number of aromatic nitrogens is 2. The van der Waals surface area contributed by atoms with Gasteiger partial charge in [-0.2, -0.15) is 0 Å². The first kappa shape index (κ1) is 15.4. The van der Waals surface area contributed by atoms with E-state index in [0.717, 1.165) is 54.5 Å². The molecule has 0 aliphatic heterocycles. The highest BCUT2D eigenvalue weighted by Crippen LogP contribution is 2.28. The van der Waals surface area contributed by atoms with E-state index in [9.17, 15) is 0 Å². The Labute approximate surface area is 127 Å². The van der Waals surface area contributed by atoms with Crippen LogP contribution in [0.15, 0.2) is 24.3 Å². The number of nitrogens with two attached hydrogens (primary N) is 1. The maximum atomic E-state index is 6.32. The van der Waals surface area contributed by atoms with Gasteiger partial charge in [-0.1, -0.05) is 20.3 Å². The first-order chi connectivity index (χ1) is 10.2. The molecule has 0 saturated heterocycles. The highest BCUT2D eigenvalue weighted by Gasteiger charge is 2.14. The number of aryl methyl sites for hydroxylation is 1. The van der Waals surface area contributed by atoms with Crippen molar-refractivity contribution in [2.45, 2.75) is 46.6 Å². The van der Waals surface area contributed by atoms with Crippen LogP contribution in [0.1, 0.15) is 39.4 Å². The van der Waals surface area contributed by atoms with Crippen LogP contribution in [-0.2, 0) is 13.0 Å². The number of nitrogen functional groups attached to an aromatic ring is 1. The molecule has 4 heteroatoms. The molecule has 0 fully saturated rings. The Morgan fingerprint density at radius 3 is 2.43 bits per heavy atom. The van der Waals surface area contributed by atoms with Crippen molar-refractivity contribution in [2.24, 2.45) is 0 Å². The Kier molecular flexibility index (Phi) is 5.26. The second kappa shape index (κ2) is 7.16. The maximum absolute atomic E-state index is 6.32. The smallest absolute Gasteiger partial charge is 0.131 e. The summed E-state index contributed by atoms with van der Waals surface area (Å²) in [7, 11) is 0. The summed E-state index contributed by atoms with van der Waals surface area (Å²) in [5.74, 6) is 2.70. The number of ether oxygens (including phenoxy) is 1. The molecule has 0 atom stereocenters. The van der Waals surface area contributed by atoms with Crippen LogP contribution in [0.5, 0.6) is 5.75 Å². The van der Waals surface area contributed by atoms with Gasteiger partial charge in [0.25, 0.3) is 0 Å². The second-order valence-electron chi connectivity index (χ2n) is 5.08. The van der Waals surface area contributed by atoms with Gasteiger partial charge in [0.05, 0.1) is 6.61 Å². The molecule has 114 valence electrons. The molecule has 1 aromatic heterocycles. The average Bonchev–Trinajstić information content (AvgIpc) is 2.82. The van der Waals surface area contributed by atoms with E-state index in [1.807, 2.05) is 31.2 Å². The molecular formula is C17H25N3O. The van der Waals surface area contributed by atoms with Crippen LogP contribution in [0.4, 0.5) is 5.82 Å². The molecule has 0 aliphatic carbocycles. The molecule has 1 aromatic carbocycles. The van der Waals surface area contributed by atoms with Gasteiger partial charge < -0.3 is 15.0 Å². The number of imidazole rings is 1. The van der Waals surface area contributed by atoms with Gasteiger partial charge in [-0.3, -0.25) is 0 Å². The van der Waals surface area contributed by atoms with Gasteiger partial charge in [0.1, 0.15) is 23.1 Å². The third kappa shape index (κ3) is 3.38. The van der Waals surface area contributed by atoms with Crippen LogP contribution < -0.4 is 10.5 Å². The molecule has 21 heavy (non-hydrogen) atoms. The van der Waals surface area contributed by atoms with E-state index in [2.05, 4.69) is 18.4 Å². The van der Waals surface area contributed by atoms with Crippen molar-refractivity contribution in [3.63, 3.8) is 0 Å². The molecule has 2 rings (SSSR count). The Bertz CT molecular complexity index is 572. The molecule has 4 nitrogen and oxygen atoms in total. The number of rotatable bonds is 7. The number of anilines is 1. The Morgan fingerprint density at radius 2 is 1.86 bits per heavy atom. The number of unbranched alkanes of at least 4 members (excludes halogenated alkanes) is 1. The van der Waals surface area contributed by atoms with Crippen LogP contribution in [0.25, 0.3) is 11.3 Å². The van der Waals surface area contributed by atoms with Crippen molar-refractivity contribution in [2.75, 3.05) is 12.3 Å². The molecule has 2 aromatic rings. The Morgan fingerprint density at radius 1 is 1.14 bits per heavy atom. The van der Waals surface area contributed by atoms with Gasteiger partial charge in [0.2, 0.25) is 0 Å². The fourth-order valence-corrected chi connectivity index (χ4v) is 2.44. The second-order valence-corrected chi connectivity index (χ2v) is 5.08. The van der Waals surface area contributed by atoms with Gasteiger partial charge in [0, 0.05) is 18.5 Å². The molecule has 0 saturated carbocycles. The lowest BCUT2D eigenvalue weighted by atomic mass is 10.1. The third-order valence-corrected chi connectivity index (χ3v) is 3.58. The highest BCUT2D eigenvalue weighted by atomic mass is 16.5. The van der Waals surface area contributed by atoms with Crippen molar-refractivity contribution >= 4 is 5.82 Å². The highest BCUT2D eigenvalue weighted by molar-refractivity contribution is 5.71. The van der Waals surface area contributed by atoms with E-state index >= 15 is 0 Å². The van der Waals surface area contributed by atoms with E-state index < -0.39 is 0 Å². The van der Waals surface area contributed by atoms with Gasteiger partial charge in [0.15, 0.2) is 0 Å². The van der Waals surface area contributed by atoms with Crippen LogP contribution in [0.3, 0.4) is 0 Å². The van der Waals surface area contributed by atoms with E-state index in [1.54, 1.807) is 0 Å². The van der Waals surface area contributed by atoms with Crippen molar-refractivity contribution in [1.29, 1.82) is 0 Å². The summed E-state index contributed by atoms with van der Waals surface area (Å²) in [5.41, 5.74) is 8.24. The van der Waals surface area contributed by atoms with Crippen molar-refractivity contribution in [3.8, 4) is 17.0 Å². The third-order valence-electron chi connectivity index (χ3n) is 3.58. The zero-order chi connectivity index (χ0) is 15.2. The number of hydrogen-bond acceptors (Lipinski definition) is 3. The van der Waals surface area contributed by atoms with Crippen LogP contribution in [0, 0.1) is 0 Å². The summed E-state index contributed by atoms with van der Waals surface area (Å²) in [6.07, 6.45) is 3.17. The minimum Gasteiger partial charge on any atom is -0.494 e. The van der Waals surface area contributed by atoms with E-state index in [4.69, 9.17) is 15.5 Å². The van der Waals surface area contributed by atoms with E-state index in [0.29, 0.717) is 6.61 Å². The quantitative estimate of drug-likeness (QED) is 0.840. The predicted octanol–water partition coefficient (Wildman–Crippen LogP) is 3.89. The molecular weight excluding hydrogens is 262 g/mol. The standard InChI is InChI=1S/C17H25N3O/c1-4-7-12-20-15(5-2)19-16(17(20)18)13-8-10-14(11-9-13)21-6-3/h8-11H,4-7,12,18H2,1-3H3. The van der Waals surface area contributed by atoms with Crippen molar-refractivity contribution in [1.82, 2.24) is 9.55 Å². The van der Waals surface area contributed by atoms with E-state index in [1.165, 1.54) is 0 Å². The van der Waals surface area contributed by atoms with Gasteiger partial charge in [-0.15, -0.1) is 0 Å². The van der Waals surface area contributed by atoms with E-state index in [-0.39, 0.29) is 0 Å². The number of hydrogen-bond donors (Lipinski definition) is 1. The predicted molar refractivity (Wildman–Crippen MR) is 87.5 cm³/mol. The molecule has 2 N–H and O–H groups in total. The summed E-state index contributed by atoms with van der Waals surface area (Å²) in [6, 6.07) is 7.98. The summed E-state index contributed by atoms with van der Waals surface area (Å²) in [4.78, 5) is 4.72. The van der Waals surface area contributed by atoms with Gasteiger partial charge in [-0.25, -0.2) is 4.98 Å². The minimum atomic E-state index is 0.674. The fourth-order valence-electron chi connectivity index (χ4n) is 2.44. The molecule has 0 unspecified atom stereocenters. The van der Waals surface area contributed by atoms with Crippen LogP contribution in [-0.4, -0.2) is 16.2 Å². The number of nitrogens with zero attached hydrogens (tertiary/aromatic N) is 2. The lowest BCUT2D eigenvalue weighted by Crippen LogP contribution is -2.06. The zero-order valence-electron chi connectivity index (χ0n) is 13.2. The SMILES string of the molecule is CCCCn1c(CC)nc(-c2ccc(OCC)cc2)c1N. The first-order valence-corrected chi connectivity index (χ1v) is 7.79. The molecule has 0 radical (unpaired) electrons. The number of benzene rings is 1. The first-order valence-electron chi connectivity index (χ1n) is 7.79. The molecule has 1 heterocycles. The topological polar surface area (TPSA) is 53.1 Å². The average molecular weight is 287 g/mol. The molecule has 0 spiro atoms. The molecule has 0 bridgehead atoms. The van der Waals surface area contributed by atoms with Crippen molar-refractivity contribution < 1.29 is 4.74 Å². The van der Waals surface area contributed by atoms with Crippen LogP contribution in [0.2, 0.25) is 0 Å². The summed E-state index contributed by atoms with van der Waals surface area (Å²) in [5, 5.41) is 0. The normalized spacial score (nSPS) is 10.8. The lowest BCUT2D eigenvalue weighted by molar-refractivity contribution is 0.340. The van der Waals surface area contributed by atoms with Gasteiger partial charge in [-0.05, 0) is 37.6 Å². The monoisotopic (exact) mass is 287 g/mol. The lowest BCUT2D eigenvalue weighted by Gasteiger charge is -2.08. The zero-order valence-corrected chi connectivity index (χ0v) is 13.2. The Balaban J connectivity index is 2.32.